The lowest BCUT2D eigenvalue weighted by Gasteiger charge is -2.48. The van der Waals surface area contributed by atoms with Crippen LogP contribution in [0.25, 0.3) is 11.1 Å². The van der Waals surface area contributed by atoms with E-state index in [4.69, 9.17) is 0 Å². The Kier molecular flexibility index (Phi) is 7.03. The highest BCUT2D eigenvalue weighted by Gasteiger charge is 2.48. The Balaban J connectivity index is 1.47. The molecule has 7 nitrogen and oxygen atoms in total. The number of carbonyl (C=O) groups is 1. The molecule has 38 heavy (non-hydrogen) atoms. The number of phenolic OH excluding ortho intramolecular Hbond substituents is 1. The first-order chi connectivity index (χ1) is 18.3. The van der Waals surface area contributed by atoms with Gasteiger partial charge in [-0.25, -0.2) is 0 Å². The zero-order chi connectivity index (χ0) is 26.9. The lowest BCUT2D eigenvalue weighted by atomic mass is 9.78. The van der Waals surface area contributed by atoms with Crippen molar-refractivity contribution in [2.24, 2.45) is 5.92 Å². The van der Waals surface area contributed by atoms with Crippen molar-refractivity contribution in [3.63, 3.8) is 0 Å². The fourth-order valence-electron chi connectivity index (χ4n) is 5.14. The Morgan fingerprint density at radius 2 is 1.45 bits per heavy atom. The first-order valence-electron chi connectivity index (χ1n) is 12.3. The van der Waals surface area contributed by atoms with Crippen LogP contribution >= 0.6 is 0 Å². The second-order valence-corrected chi connectivity index (χ2v) is 10.7. The van der Waals surface area contributed by atoms with Gasteiger partial charge >= 0.3 is 0 Å². The number of rotatable bonds is 8. The molecule has 3 atom stereocenters. The van der Waals surface area contributed by atoms with Crippen LogP contribution in [0, 0.1) is 5.92 Å². The molecule has 3 N–H and O–H groups in total. The molecule has 1 heterocycles. The van der Waals surface area contributed by atoms with Gasteiger partial charge in [0.25, 0.3) is 10.1 Å². The second-order valence-electron chi connectivity index (χ2n) is 9.35. The molecule has 1 amide bonds. The third-order valence-corrected chi connectivity index (χ3v) is 7.91. The number of hydrogen-bond donors (Lipinski definition) is 3. The van der Waals surface area contributed by atoms with Crippen molar-refractivity contribution in [3.05, 3.63) is 114 Å². The van der Waals surface area contributed by atoms with Gasteiger partial charge in [-0.2, -0.15) is 8.42 Å². The number of anilines is 1. The largest absolute Gasteiger partial charge is 0.507 e. The number of para-hydroxylation sites is 1. The average Bonchev–Trinajstić information content (AvgIpc) is 2.92. The highest BCUT2D eigenvalue weighted by molar-refractivity contribution is 7.86. The van der Waals surface area contributed by atoms with Gasteiger partial charge in [-0.3, -0.25) is 9.35 Å². The molecule has 1 aliphatic heterocycles. The number of amides is 1. The van der Waals surface area contributed by atoms with E-state index in [9.17, 15) is 28.0 Å². The molecular weight excluding hydrogens is 502 g/mol. The van der Waals surface area contributed by atoms with E-state index < -0.39 is 22.1 Å². The van der Waals surface area contributed by atoms with E-state index in [1.807, 2.05) is 60.7 Å². The van der Waals surface area contributed by atoms with Crippen LogP contribution in [0.4, 0.5) is 5.69 Å². The summed E-state index contributed by atoms with van der Waals surface area (Å²) >= 11 is 0. The molecule has 0 spiro atoms. The number of β-lactam (4-membered cyclic amide) rings is 1. The van der Waals surface area contributed by atoms with E-state index in [1.54, 1.807) is 23.1 Å². The molecule has 0 bridgehead atoms. The third-order valence-electron chi connectivity index (χ3n) is 7.00. The summed E-state index contributed by atoms with van der Waals surface area (Å²) in [6.07, 6.45) is 0.130. The van der Waals surface area contributed by atoms with Crippen molar-refractivity contribution in [1.29, 1.82) is 0 Å². The first-order valence-corrected chi connectivity index (χ1v) is 13.7. The second kappa shape index (κ2) is 10.4. The topological polar surface area (TPSA) is 115 Å². The molecule has 8 heteroatoms. The molecule has 1 fully saturated rings. The summed E-state index contributed by atoms with van der Waals surface area (Å²) < 4.78 is 33.4. The zero-order valence-electron chi connectivity index (χ0n) is 20.4. The predicted octanol–water partition coefficient (Wildman–Crippen LogP) is 5.52. The number of aromatic hydroxyl groups is 1. The third kappa shape index (κ3) is 4.93. The summed E-state index contributed by atoms with van der Waals surface area (Å²) in [5.41, 5.74) is 2.61. The van der Waals surface area contributed by atoms with Crippen LogP contribution in [0.15, 0.2) is 108 Å². The number of phenols is 1. The van der Waals surface area contributed by atoms with Crippen molar-refractivity contribution < 1.29 is 28.0 Å². The van der Waals surface area contributed by atoms with Crippen LogP contribution in [0.5, 0.6) is 5.75 Å². The molecular formula is C30H27NO6S. The summed E-state index contributed by atoms with van der Waals surface area (Å²) in [4.78, 5) is 14.7. The Morgan fingerprint density at radius 1 is 0.816 bits per heavy atom. The molecule has 194 valence electrons. The van der Waals surface area contributed by atoms with Gasteiger partial charge in [0, 0.05) is 16.8 Å². The van der Waals surface area contributed by atoms with Crippen LogP contribution < -0.4 is 4.90 Å². The summed E-state index contributed by atoms with van der Waals surface area (Å²) in [5, 5.41) is 21.6. The smallest absolute Gasteiger partial charge is 0.295 e. The summed E-state index contributed by atoms with van der Waals surface area (Å²) in [5.74, 6) is -0.653. The minimum Gasteiger partial charge on any atom is -0.507 e. The van der Waals surface area contributed by atoms with Crippen LogP contribution in [0.1, 0.15) is 36.1 Å². The summed E-state index contributed by atoms with van der Waals surface area (Å²) in [6.45, 7) is 0. The molecule has 5 rings (SSSR count). The van der Waals surface area contributed by atoms with Gasteiger partial charge in [0.15, 0.2) is 0 Å². The van der Waals surface area contributed by atoms with E-state index in [2.05, 4.69) is 0 Å². The minimum absolute atomic E-state index is 0.0678. The molecule has 4 aromatic rings. The highest BCUT2D eigenvalue weighted by Crippen LogP contribution is 2.48. The molecule has 1 aliphatic rings. The van der Waals surface area contributed by atoms with Crippen LogP contribution in [0.2, 0.25) is 0 Å². The maximum absolute atomic E-state index is 13.3. The first kappa shape index (κ1) is 25.7. The normalized spacial score (nSPS) is 18.2. The fraction of sp³-hybridized carbons (Fsp3) is 0.167. The maximum Gasteiger partial charge on any atom is 0.295 e. The summed E-state index contributed by atoms with van der Waals surface area (Å²) in [6, 6.07) is 28.9. The standard InChI is InChI=1S/C30H27NO6S/c32-26(20-9-3-1-4-10-20)18-17-25-29(31(30(25)34)22-11-5-2-6-12-22)21-15-16-23(27(33)19-21)24-13-7-8-14-28(24)38(35,36)37/h1-16,19,25-26,29,32-33H,17-18H2,(H,35,36,37). The highest BCUT2D eigenvalue weighted by atomic mass is 32.2. The zero-order valence-corrected chi connectivity index (χ0v) is 21.2. The van der Waals surface area contributed by atoms with Gasteiger partial charge in [-0.05, 0) is 48.2 Å². The number of carbonyl (C=O) groups excluding carboxylic acids is 1. The van der Waals surface area contributed by atoms with E-state index in [1.165, 1.54) is 24.3 Å². The number of aliphatic hydroxyl groups is 1. The number of hydrogen-bond acceptors (Lipinski definition) is 5. The van der Waals surface area contributed by atoms with E-state index in [-0.39, 0.29) is 33.7 Å². The average molecular weight is 530 g/mol. The number of nitrogens with zero attached hydrogens (tertiary/aromatic N) is 1. The van der Waals surface area contributed by atoms with E-state index in [0.29, 0.717) is 18.4 Å². The lowest BCUT2D eigenvalue weighted by molar-refractivity contribution is -0.131. The Morgan fingerprint density at radius 3 is 2.11 bits per heavy atom. The van der Waals surface area contributed by atoms with Gasteiger partial charge < -0.3 is 15.1 Å². The Labute approximate surface area is 221 Å². The van der Waals surface area contributed by atoms with Crippen molar-refractivity contribution in [1.82, 2.24) is 0 Å². The molecule has 0 radical (unpaired) electrons. The molecule has 0 aromatic heterocycles. The van der Waals surface area contributed by atoms with Gasteiger partial charge in [0.1, 0.15) is 10.6 Å². The monoisotopic (exact) mass is 529 g/mol. The Hall–Kier alpha value is -3.98. The lowest BCUT2D eigenvalue weighted by Crippen LogP contribution is -2.55. The predicted molar refractivity (Wildman–Crippen MR) is 144 cm³/mol. The van der Waals surface area contributed by atoms with Gasteiger partial charge in [0.05, 0.1) is 18.1 Å². The molecule has 0 saturated carbocycles. The van der Waals surface area contributed by atoms with Crippen molar-refractivity contribution in [3.8, 4) is 16.9 Å². The molecule has 3 unspecified atom stereocenters. The fourth-order valence-corrected chi connectivity index (χ4v) is 5.85. The Bertz CT molecular complexity index is 1560. The quantitative estimate of drug-likeness (QED) is 0.204. The van der Waals surface area contributed by atoms with E-state index >= 15 is 0 Å². The van der Waals surface area contributed by atoms with Crippen LogP contribution in [0.3, 0.4) is 0 Å². The molecule has 4 aromatic carbocycles. The summed E-state index contributed by atoms with van der Waals surface area (Å²) in [7, 11) is -4.51. The van der Waals surface area contributed by atoms with Gasteiger partial charge in [0.2, 0.25) is 5.91 Å². The van der Waals surface area contributed by atoms with Crippen molar-refractivity contribution in [2.75, 3.05) is 4.90 Å². The SMILES string of the molecule is O=C1C(CCC(O)c2ccccc2)C(c2ccc(-c3ccccc3S(=O)(=O)O)c(O)c2)N1c1ccccc1. The van der Waals surface area contributed by atoms with Crippen LogP contribution in [-0.2, 0) is 14.9 Å². The van der Waals surface area contributed by atoms with Crippen molar-refractivity contribution in [2.45, 2.75) is 29.9 Å². The van der Waals surface area contributed by atoms with E-state index in [0.717, 1.165) is 11.3 Å². The number of aliphatic hydroxyl groups excluding tert-OH is 1. The number of benzene rings is 4. The molecule has 1 saturated heterocycles. The van der Waals surface area contributed by atoms with Gasteiger partial charge in [-0.15, -0.1) is 0 Å². The minimum atomic E-state index is -4.51. The molecule has 0 aliphatic carbocycles. The van der Waals surface area contributed by atoms with Crippen molar-refractivity contribution >= 4 is 21.7 Å². The van der Waals surface area contributed by atoms with Crippen LogP contribution in [-0.4, -0.2) is 29.1 Å². The van der Waals surface area contributed by atoms with Gasteiger partial charge in [-0.1, -0.05) is 78.9 Å². The maximum atomic E-state index is 13.3.